The molecule has 0 aliphatic rings. The monoisotopic (exact) mass is 284 g/mol. The average molecular weight is 284 g/mol. The van der Waals surface area contributed by atoms with Crippen molar-refractivity contribution in [1.82, 2.24) is 19.9 Å². The van der Waals surface area contributed by atoms with Crippen LogP contribution in [-0.4, -0.2) is 19.9 Å². The molecule has 0 aliphatic heterocycles. The van der Waals surface area contributed by atoms with E-state index in [2.05, 4.69) is 44.2 Å². The van der Waals surface area contributed by atoms with E-state index in [1.165, 1.54) is 11.9 Å². The Morgan fingerprint density at radius 2 is 1.36 bits per heavy atom. The van der Waals surface area contributed by atoms with Crippen molar-refractivity contribution in [2.75, 3.05) is 0 Å². The summed E-state index contributed by atoms with van der Waals surface area (Å²) in [6.07, 6.45) is 4.83. The lowest BCUT2D eigenvalue weighted by atomic mass is 10.0. The fourth-order valence-corrected chi connectivity index (χ4v) is 2.48. The molecule has 4 nitrogen and oxygen atoms in total. The second kappa shape index (κ2) is 5.33. The van der Waals surface area contributed by atoms with Crippen molar-refractivity contribution in [3.8, 4) is 22.4 Å². The summed E-state index contributed by atoms with van der Waals surface area (Å²) >= 11 is 0. The Kier molecular flexibility index (Phi) is 3.05. The number of nitrogens with zero attached hydrogens (tertiary/aromatic N) is 4. The van der Waals surface area contributed by atoms with Gasteiger partial charge in [-0.1, -0.05) is 48.5 Å². The molecule has 0 unspecified atom stereocenters. The third kappa shape index (κ3) is 2.20. The molecule has 0 fully saturated rings. The molecule has 0 saturated carbocycles. The number of rotatable bonds is 2. The summed E-state index contributed by atoms with van der Waals surface area (Å²) in [7, 11) is 0. The molecule has 4 heteroatoms. The third-order valence-electron chi connectivity index (χ3n) is 3.51. The summed E-state index contributed by atoms with van der Waals surface area (Å²) < 4.78 is 0. The highest BCUT2D eigenvalue weighted by molar-refractivity contribution is 5.87. The minimum atomic E-state index is 0.609. The fourth-order valence-electron chi connectivity index (χ4n) is 2.48. The maximum Gasteiger partial charge on any atom is 0.181 e. The molecule has 22 heavy (non-hydrogen) atoms. The van der Waals surface area contributed by atoms with Gasteiger partial charge in [-0.25, -0.2) is 19.9 Å². The molecule has 0 bridgehead atoms. The van der Waals surface area contributed by atoms with Gasteiger partial charge >= 0.3 is 0 Å². The van der Waals surface area contributed by atoms with E-state index in [-0.39, 0.29) is 0 Å². The molecule has 0 radical (unpaired) electrons. The summed E-state index contributed by atoms with van der Waals surface area (Å²) in [5.41, 5.74) is 5.46. The van der Waals surface area contributed by atoms with Crippen LogP contribution in [0.2, 0.25) is 0 Å². The molecule has 2 aromatic heterocycles. The van der Waals surface area contributed by atoms with Crippen LogP contribution in [0.4, 0.5) is 0 Å². The molecular weight excluding hydrogens is 272 g/mol. The van der Waals surface area contributed by atoms with Crippen molar-refractivity contribution in [2.24, 2.45) is 0 Å². The zero-order chi connectivity index (χ0) is 14.8. The molecule has 0 amide bonds. The van der Waals surface area contributed by atoms with E-state index in [1.807, 2.05) is 30.3 Å². The minimum absolute atomic E-state index is 0.609. The molecule has 4 aromatic rings. The highest BCUT2D eigenvalue weighted by Gasteiger charge is 2.09. The zero-order valence-electron chi connectivity index (χ0n) is 11.7. The molecule has 0 atom stereocenters. The van der Waals surface area contributed by atoms with Crippen LogP contribution in [0.1, 0.15) is 0 Å². The van der Waals surface area contributed by atoms with Gasteiger partial charge in [0.2, 0.25) is 0 Å². The first-order valence-corrected chi connectivity index (χ1v) is 6.99. The number of benzene rings is 2. The topological polar surface area (TPSA) is 51.6 Å². The Morgan fingerprint density at radius 3 is 2.27 bits per heavy atom. The Labute approximate surface area is 127 Å². The van der Waals surface area contributed by atoms with Gasteiger partial charge in [0, 0.05) is 18.0 Å². The van der Waals surface area contributed by atoms with Gasteiger partial charge in [0.1, 0.15) is 17.5 Å². The first kappa shape index (κ1) is 12.6. The predicted octanol–water partition coefficient (Wildman–Crippen LogP) is 3.75. The van der Waals surface area contributed by atoms with Crippen LogP contribution in [0, 0.1) is 0 Å². The van der Waals surface area contributed by atoms with Crippen LogP contribution in [0.3, 0.4) is 0 Å². The standard InChI is InChI=1S/C18H12N4/c1-2-5-13(6-3-1)14-7-4-8-15(11-14)16-17-18(22-12-21-16)20-10-9-19-17/h1-12H. The van der Waals surface area contributed by atoms with E-state index in [1.54, 1.807) is 12.4 Å². The Morgan fingerprint density at radius 1 is 0.591 bits per heavy atom. The Bertz CT molecular complexity index is 930. The van der Waals surface area contributed by atoms with Crippen molar-refractivity contribution in [3.05, 3.63) is 73.3 Å². The molecule has 0 spiro atoms. The van der Waals surface area contributed by atoms with E-state index >= 15 is 0 Å². The van der Waals surface area contributed by atoms with Gasteiger partial charge in [0.05, 0.1) is 0 Å². The molecule has 2 heterocycles. The second-order valence-electron chi connectivity index (χ2n) is 4.90. The average Bonchev–Trinajstić information content (AvgIpc) is 2.62. The molecule has 0 aliphatic carbocycles. The molecule has 4 rings (SSSR count). The van der Waals surface area contributed by atoms with Crippen LogP contribution in [0.15, 0.2) is 73.3 Å². The van der Waals surface area contributed by atoms with Crippen molar-refractivity contribution in [1.29, 1.82) is 0 Å². The molecular formula is C18H12N4. The van der Waals surface area contributed by atoms with Gasteiger partial charge in [-0.3, -0.25) is 0 Å². The lowest BCUT2D eigenvalue weighted by Crippen LogP contribution is -1.93. The SMILES string of the molecule is c1ccc(-c2cccc(-c3ncnc4nccnc34)c2)cc1. The molecule has 2 aromatic carbocycles. The summed E-state index contributed by atoms with van der Waals surface area (Å²) in [5.74, 6) is 0. The predicted molar refractivity (Wildman–Crippen MR) is 86.0 cm³/mol. The summed E-state index contributed by atoms with van der Waals surface area (Å²) in [5, 5.41) is 0. The summed E-state index contributed by atoms with van der Waals surface area (Å²) in [6.45, 7) is 0. The first-order valence-electron chi connectivity index (χ1n) is 6.99. The molecule has 0 saturated heterocycles. The lowest BCUT2D eigenvalue weighted by Gasteiger charge is -2.06. The summed E-state index contributed by atoms with van der Waals surface area (Å²) in [6, 6.07) is 18.5. The number of aromatic nitrogens is 4. The fraction of sp³-hybridized carbons (Fsp3) is 0. The van der Waals surface area contributed by atoms with Gasteiger partial charge in [-0.05, 0) is 17.2 Å². The minimum Gasteiger partial charge on any atom is -0.249 e. The lowest BCUT2D eigenvalue weighted by molar-refractivity contribution is 1.15. The van der Waals surface area contributed by atoms with Crippen LogP contribution in [0.25, 0.3) is 33.5 Å². The number of hydrogen-bond acceptors (Lipinski definition) is 4. The zero-order valence-corrected chi connectivity index (χ0v) is 11.7. The Balaban J connectivity index is 1.89. The molecule has 104 valence electrons. The van der Waals surface area contributed by atoms with Gasteiger partial charge in [0.15, 0.2) is 5.65 Å². The highest BCUT2D eigenvalue weighted by atomic mass is 14.9. The number of fused-ring (bicyclic) bond motifs is 1. The van der Waals surface area contributed by atoms with Crippen LogP contribution in [-0.2, 0) is 0 Å². The van der Waals surface area contributed by atoms with Crippen LogP contribution in [0.5, 0.6) is 0 Å². The summed E-state index contributed by atoms with van der Waals surface area (Å²) in [4.78, 5) is 17.2. The van der Waals surface area contributed by atoms with Gasteiger partial charge in [0.25, 0.3) is 0 Å². The van der Waals surface area contributed by atoms with Gasteiger partial charge in [-0.2, -0.15) is 0 Å². The van der Waals surface area contributed by atoms with Gasteiger partial charge in [-0.15, -0.1) is 0 Å². The van der Waals surface area contributed by atoms with E-state index in [4.69, 9.17) is 0 Å². The number of hydrogen-bond donors (Lipinski definition) is 0. The van der Waals surface area contributed by atoms with E-state index in [0.29, 0.717) is 5.65 Å². The maximum atomic E-state index is 4.40. The third-order valence-corrected chi connectivity index (χ3v) is 3.51. The quantitative estimate of drug-likeness (QED) is 0.562. The van der Waals surface area contributed by atoms with Crippen molar-refractivity contribution >= 4 is 11.2 Å². The first-order chi connectivity index (χ1) is 10.9. The van der Waals surface area contributed by atoms with E-state index in [9.17, 15) is 0 Å². The van der Waals surface area contributed by atoms with E-state index < -0.39 is 0 Å². The second-order valence-corrected chi connectivity index (χ2v) is 4.90. The van der Waals surface area contributed by atoms with Gasteiger partial charge < -0.3 is 0 Å². The van der Waals surface area contributed by atoms with Crippen molar-refractivity contribution < 1.29 is 0 Å². The van der Waals surface area contributed by atoms with Crippen LogP contribution < -0.4 is 0 Å². The Hall–Kier alpha value is -3.14. The smallest absolute Gasteiger partial charge is 0.181 e. The molecule has 0 N–H and O–H groups in total. The van der Waals surface area contributed by atoms with Crippen molar-refractivity contribution in [2.45, 2.75) is 0 Å². The van der Waals surface area contributed by atoms with E-state index in [0.717, 1.165) is 22.3 Å². The largest absolute Gasteiger partial charge is 0.249 e. The van der Waals surface area contributed by atoms with Crippen molar-refractivity contribution in [3.63, 3.8) is 0 Å². The highest BCUT2D eigenvalue weighted by Crippen LogP contribution is 2.27. The normalized spacial score (nSPS) is 10.7. The maximum absolute atomic E-state index is 4.40. The van der Waals surface area contributed by atoms with Crippen LogP contribution >= 0.6 is 0 Å².